The summed E-state index contributed by atoms with van der Waals surface area (Å²) in [6.07, 6.45) is 3.58. The lowest BCUT2D eigenvalue weighted by Gasteiger charge is -2.36. The van der Waals surface area contributed by atoms with E-state index < -0.39 is 0 Å². The summed E-state index contributed by atoms with van der Waals surface area (Å²) in [6, 6.07) is 13.2. The highest BCUT2D eigenvalue weighted by atomic mass is 16.5. The molecule has 0 aromatic heterocycles. The number of ether oxygens (including phenoxy) is 1. The second-order valence-corrected chi connectivity index (χ2v) is 6.50. The van der Waals surface area contributed by atoms with Crippen molar-refractivity contribution < 1.29 is 9.53 Å². The van der Waals surface area contributed by atoms with Crippen LogP contribution in [0, 0.1) is 0 Å². The second kappa shape index (κ2) is 7.47. The molecule has 132 valence electrons. The molecule has 3 N–H and O–H groups in total. The number of nitrogen functional groups attached to an aromatic ring is 1. The molecule has 1 amide bonds. The van der Waals surface area contributed by atoms with E-state index in [4.69, 9.17) is 10.5 Å². The molecule has 0 spiro atoms. The first-order valence-corrected chi connectivity index (χ1v) is 8.70. The molecule has 0 bridgehead atoms. The number of hydrogen-bond acceptors (Lipinski definition) is 4. The average Bonchev–Trinajstić information content (AvgIpc) is 2.63. The van der Waals surface area contributed by atoms with Gasteiger partial charge in [-0.2, -0.15) is 0 Å². The molecule has 3 rings (SSSR count). The zero-order valence-electron chi connectivity index (χ0n) is 14.8. The fraction of sp³-hybridized carbons (Fsp3) is 0.350. The summed E-state index contributed by atoms with van der Waals surface area (Å²) in [6.45, 7) is 3.22. The average molecular weight is 339 g/mol. The molecule has 0 unspecified atom stereocenters. The molecule has 0 saturated carbocycles. The zero-order chi connectivity index (χ0) is 17.8. The third-order valence-corrected chi connectivity index (χ3v) is 4.73. The zero-order valence-corrected chi connectivity index (χ0v) is 14.8. The van der Waals surface area contributed by atoms with Crippen molar-refractivity contribution in [2.24, 2.45) is 0 Å². The number of amides is 1. The van der Waals surface area contributed by atoms with Crippen LogP contribution >= 0.6 is 0 Å². The number of nitrogens with zero attached hydrogens (tertiary/aromatic N) is 1. The van der Waals surface area contributed by atoms with Crippen molar-refractivity contribution in [2.45, 2.75) is 32.2 Å². The Balaban J connectivity index is 1.85. The van der Waals surface area contributed by atoms with Gasteiger partial charge in [0, 0.05) is 23.8 Å². The predicted molar refractivity (Wildman–Crippen MR) is 102 cm³/mol. The lowest BCUT2D eigenvalue weighted by atomic mass is 10.0. The molecule has 1 saturated heterocycles. The Morgan fingerprint density at radius 2 is 1.96 bits per heavy atom. The van der Waals surface area contributed by atoms with Gasteiger partial charge in [-0.15, -0.1) is 0 Å². The van der Waals surface area contributed by atoms with Gasteiger partial charge in [0.05, 0.1) is 18.5 Å². The van der Waals surface area contributed by atoms with Crippen molar-refractivity contribution in [2.75, 3.05) is 29.6 Å². The van der Waals surface area contributed by atoms with Crippen molar-refractivity contribution in [1.29, 1.82) is 0 Å². The highest BCUT2D eigenvalue weighted by Crippen LogP contribution is 2.33. The molecule has 2 aromatic carbocycles. The quantitative estimate of drug-likeness (QED) is 0.829. The molecule has 1 aliphatic heterocycles. The molecule has 2 aromatic rings. The molecular weight excluding hydrogens is 314 g/mol. The predicted octanol–water partition coefficient (Wildman–Crippen LogP) is 3.91. The fourth-order valence-corrected chi connectivity index (χ4v) is 3.30. The van der Waals surface area contributed by atoms with Crippen molar-refractivity contribution in [3.8, 4) is 5.75 Å². The van der Waals surface area contributed by atoms with Gasteiger partial charge in [-0.3, -0.25) is 4.79 Å². The maximum atomic E-state index is 12.6. The van der Waals surface area contributed by atoms with Gasteiger partial charge in [0.25, 0.3) is 5.91 Å². The summed E-state index contributed by atoms with van der Waals surface area (Å²) < 4.78 is 5.14. The van der Waals surface area contributed by atoms with Crippen LogP contribution in [-0.4, -0.2) is 25.6 Å². The Morgan fingerprint density at radius 1 is 1.20 bits per heavy atom. The van der Waals surface area contributed by atoms with Crippen LogP contribution in [0.5, 0.6) is 5.75 Å². The van der Waals surface area contributed by atoms with E-state index in [1.165, 1.54) is 12.8 Å². The SMILES string of the molecule is COc1ccc(C(=O)Nc2cc(N)ccc2N2CCCC[C@H]2C)cc1. The van der Waals surface area contributed by atoms with Crippen LogP contribution in [0.4, 0.5) is 17.1 Å². The lowest BCUT2D eigenvalue weighted by molar-refractivity contribution is 0.102. The van der Waals surface area contributed by atoms with E-state index in [0.29, 0.717) is 17.3 Å². The van der Waals surface area contributed by atoms with Crippen LogP contribution in [0.3, 0.4) is 0 Å². The molecule has 5 nitrogen and oxygen atoms in total. The second-order valence-electron chi connectivity index (χ2n) is 6.50. The van der Waals surface area contributed by atoms with Gasteiger partial charge < -0.3 is 20.7 Å². The number of hydrogen-bond donors (Lipinski definition) is 2. The van der Waals surface area contributed by atoms with E-state index in [1.807, 2.05) is 18.2 Å². The number of rotatable bonds is 4. The van der Waals surface area contributed by atoms with Gasteiger partial charge in [0.15, 0.2) is 0 Å². The summed E-state index contributed by atoms with van der Waals surface area (Å²) in [5, 5.41) is 3.02. The van der Waals surface area contributed by atoms with Gasteiger partial charge in [-0.25, -0.2) is 0 Å². The van der Waals surface area contributed by atoms with Gasteiger partial charge in [-0.1, -0.05) is 0 Å². The summed E-state index contributed by atoms with van der Waals surface area (Å²) in [5.74, 6) is 0.572. The maximum Gasteiger partial charge on any atom is 0.255 e. The number of nitrogens with one attached hydrogen (secondary N) is 1. The highest BCUT2D eigenvalue weighted by Gasteiger charge is 2.22. The maximum absolute atomic E-state index is 12.6. The number of nitrogens with two attached hydrogens (primary N) is 1. The number of carbonyl (C=O) groups is 1. The van der Waals surface area contributed by atoms with Crippen molar-refractivity contribution >= 4 is 23.0 Å². The number of benzene rings is 2. The third kappa shape index (κ3) is 3.87. The van der Waals surface area contributed by atoms with Gasteiger partial charge in [0.1, 0.15) is 5.75 Å². The van der Waals surface area contributed by atoms with Crippen molar-refractivity contribution in [1.82, 2.24) is 0 Å². The summed E-state index contributed by atoms with van der Waals surface area (Å²) in [5.41, 5.74) is 8.97. The number of methoxy groups -OCH3 is 1. The van der Waals surface area contributed by atoms with E-state index in [2.05, 4.69) is 17.1 Å². The van der Waals surface area contributed by atoms with Gasteiger partial charge >= 0.3 is 0 Å². The minimum absolute atomic E-state index is 0.154. The Labute approximate surface area is 148 Å². The monoisotopic (exact) mass is 339 g/mol. The minimum atomic E-state index is -0.154. The first-order chi connectivity index (χ1) is 12.1. The van der Waals surface area contributed by atoms with E-state index in [0.717, 1.165) is 30.1 Å². The minimum Gasteiger partial charge on any atom is -0.497 e. The smallest absolute Gasteiger partial charge is 0.255 e. The molecule has 25 heavy (non-hydrogen) atoms. The first kappa shape index (κ1) is 17.1. The molecule has 5 heteroatoms. The fourth-order valence-electron chi connectivity index (χ4n) is 3.30. The van der Waals surface area contributed by atoms with Crippen LogP contribution in [0.2, 0.25) is 0 Å². The standard InChI is InChI=1S/C20H25N3O2/c1-14-5-3-4-12-23(14)19-11-8-16(21)13-18(19)22-20(24)15-6-9-17(25-2)10-7-15/h6-11,13-14H,3-5,12,21H2,1-2H3,(H,22,24)/t14-/m1/s1. The third-order valence-electron chi connectivity index (χ3n) is 4.73. The molecule has 1 aliphatic rings. The van der Waals surface area contributed by atoms with Gasteiger partial charge in [-0.05, 0) is 68.7 Å². The Kier molecular flexibility index (Phi) is 5.12. The van der Waals surface area contributed by atoms with E-state index in [9.17, 15) is 4.79 Å². The van der Waals surface area contributed by atoms with Crippen molar-refractivity contribution in [3.63, 3.8) is 0 Å². The number of anilines is 3. The normalized spacial score (nSPS) is 17.2. The molecule has 1 atom stereocenters. The molecule has 1 heterocycles. The topological polar surface area (TPSA) is 67.6 Å². The first-order valence-electron chi connectivity index (χ1n) is 8.70. The summed E-state index contributed by atoms with van der Waals surface area (Å²) >= 11 is 0. The lowest BCUT2D eigenvalue weighted by Crippen LogP contribution is -2.38. The number of carbonyl (C=O) groups excluding carboxylic acids is 1. The Morgan fingerprint density at radius 3 is 2.64 bits per heavy atom. The summed E-state index contributed by atoms with van der Waals surface area (Å²) in [7, 11) is 1.61. The summed E-state index contributed by atoms with van der Waals surface area (Å²) in [4.78, 5) is 15.0. The van der Waals surface area contributed by atoms with E-state index in [-0.39, 0.29) is 5.91 Å². The molecule has 0 radical (unpaired) electrons. The molecular formula is C20H25N3O2. The Hall–Kier alpha value is -2.69. The van der Waals surface area contributed by atoms with Crippen LogP contribution in [0.1, 0.15) is 36.5 Å². The highest BCUT2D eigenvalue weighted by molar-refractivity contribution is 6.06. The molecule has 0 aliphatic carbocycles. The largest absolute Gasteiger partial charge is 0.497 e. The van der Waals surface area contributed by atoms with E-state index in [1.54, 1.807) is 31.4 Å². The van der Waals surface area contributed by atoms with Crippen LogP contribution in [-0.2, 0) is 0 Å². The van der Waals surface area contributed by atoms with Gasteiger partial charge in [0.2, 0.25) is 0 Å². The number of piperidine rings is 1. The molecule has 1 fully saturated rings. The van der Waals surface area contributed by atoms with Crippen LogP contribution < -0.4 is 20.7 Å². The Bertz CT molecular complexity index is 743. The van der Waals surface area contributed by atoms with Crippen LogP contribution in [0.15, 0.2) is 42.5 Å². The van der Waals surface area contributed by atoms with E-state index >= 15 is 0 Å². The van der Waals surface area contributed by atoms with Crippen molar-refractivity contribution in [3.05, 3.63) is 48.0 Å². The van der Waals surface area contributed by atoms with Crippen LogP contribution in [0.25, 0.3) is 0 Å².